The molecule has 0 fully saturated rings. The van der Waals surface area contributed by atoms with Crippen LogP contribution in [-0.4, -0.2) is 10.9 Å². The predicted molar refractivity (Wildman–Crippen MR) is 139 cm³/mol. The molecule has 4 aromatic carbocycles. The monoisotopic (exact) mass is 461 g/mol. The van der Waals surface area contributed by atoms with Gasteiger partial charge in [0.1, 0.15) is 5.00 Å². The smallest absolute Gasteiger partial charge is 0.169 e. The van der Waals surface area contributed by atoms with Crippen LogP contribution >= 0.6 is 11.3 Å². The van der Waals surface area contributed by atoms with E-state index in [-0.39, 0.29) is 5.78 Å². The van der Waals surface area contributed by atoms with Crippen molar-refractivity contribution in [1.29, 1.82) is 0 Å². The van der Waals surface area contributed by atoms with E-state index in [1.165, 1.54) is 10.8 Å². The van der Waals surface area contributed by atoms with Gasteiger partial charge in [-0.05, 0) is 47.7 Å². The molecule has 2 atom stereocenters. The zero-order valence-corrected chi connectivity index (χ0v) is 19.3. The molecule has 0 saturated carbocycles. The van der Waals surface area contributed by atoms with E-state index < -0.39 is 12.0 Å². The number of para-hydroxylation sites is 1. The summed E-state index contributed by atoms with van der Waals surface area (Å²) in [5.74, 6) is -0.404. The molecule has 3 nitrogen and oxygen atoms in total. The van der Waals surface area contributed by atoms with Crippen LogP contribution in [0.25, 0.3) is 10.8 Å². The minimum atomic E-state index is -0.752. The van der Waals surface area contributed by atoms with E-state index in [0.29, 0.717) is 12.0 Å². The number of fused-ring (bicyclic) bond motifs is 2. The van der Waals surface area contributed by atoms with Gasteiger partial charge in [0, 0.05) is 21.5 Å². The molecule has 0 aliphatic heterocycles. The minimum Gasteiger partial charge on any atom is -0.388 e. The van der Waals surface area contributed by atoms with Crippen LogP contribution in [0.15, 0.2) is 109 Å². The molecule has 34 heavy (non-hydrogen) atoms. The van der Waals surface area contributed by atoms with Crippen molar-refractivity contribution in [3.63, 3.8) is 0 Å². The van der Waals surface area contributed by atoms with Crippen LogP contribution in [0, 0.1) is 5.92 Å². The van der Waals surface area contributed by atoms with Crippen molar-refractivity contribution in [2.24, 2.45) is 5.92 Å². The Kier molecular flexibility index (Phi) is 5.25. The summed E-state index contributed by atoms with van der Waals surface area (Å²) in [5, 5.41) is 14.3. The van der Waals surface area contributed by atoms with Gasteiger partial charge in [-0.25, -0.2) is 0 Å². The number of anilines is 3. The summed E-state index contributed by atoms with van der Waals surface area (Å²) in [6.07, 6.45) is -0.227. The van der Waals surface area contributed by atoms with E-state index in [9.17, 15) is 9.90 Å². The number of nitrogens with zero attached hydrogens (tertiary/aromatic N) is 1. The summed E-state index contributed by atoms with van der Waals surface area (Å²) in [6, 6.07) is 36.7. The van der Waals surface area contributed by atoms with Gasteiger partial charge in [-0.1, -0.05) is 78.9 Å². The number of ketones is 1. The highest BCUT2D eigenvalue weighted by molar-refractivity contribution is 7.16. The lowest BCUT2D eigenvalue weighted by Gasteiger charge is -2.25. The normalized spacial score (nSPS) is 17.1. The molecule has 6 rings (SSSR count). The maximum Gasteiger partial charge on any atom is 0.169 e. The quantitative estimate of drug-likeness (QED) is 0.295. The van der Waals surface area contributed by atoms with Crippen LogP contribution in [0.4, 0.5) is 16.4 Å². The first-order valence-corrected chi connectivity index (χ1v) is 12.3. The van der Waals surface area contributed by atoms with Crippen LogP contribution in [0.5, 0.6) is 0 Å². The van der Waals surface area contributed by atoms with Gasteiger partial charge in [0.2, 0.25) is 0 Å². The van der Waals surface area contributed by atoms with Crippen LogP contribution in [0.3, 0.4) is 0 Å². The van der Waals surface area contributed by atoms with Crippen molar-refractivity contribution in [3.05, 3.63) is 125 Å². The van der Waals surface area contributed by atoms with Crippen molar-refractivity contribution < 1.29 is 9.90 Å². The third-order valence-corrected chi connectivity index (χ3v) is 7.67. The molecular formula is C30H23NO2S. The summed E-state index contributed by atoms with van der Waals surface area (Å²) >= 11 is 1.67. The van der Waals surface area contributed by atoms with E-state index in [0.717, 1.165) is 26.8 Å². The maximum atomic E-state index is 13.0. The number of hydrogen-bond donors (Lipinski definition) is 1. The number of carbonyl (C=O) groups excluding carboxylic acids is 1. The molecular weight excluding hydrogens is 438 g/mol. The minimum absolute atomic E-state index is 0.0343. The summed E-state index contributed by atoms with van der Waals surface area (Å²) in [6.45, 7) is 0. The molecule has 2 unspecified atom stereocenters. The summed E-state index contributed by atoms with van der Waals surface area (Å²) in [4.78, 5) is 16.3. The second kappa shape index (κ2) is 8.56. The molecule has 1 N–H and O–H groups in total. The molecule has 1 aromatic heterocycles. The first-order valence-electron chi connectivity index (χ1n) is 11.4. The average molecular weight is 462 g/mol. The zero-order valence-electron chi connectivity index (χ0n) is 18.5. The van der Waals surface area contributed by atoms with Gasteiger partial charge in [-0.3, -0.25) is 4.79 Å². The molecule has 0 radical (unpaired) electrons. The maximum absolute atomic E-state index is 13.0. The van der Waals surface area contributed by atoms with Crippen molar-refractivity contribution >= 4 is 44.3 Å². The molecule has 0 spiro atoms. The van der Waals surface area contributed by atoms with Crippen LogP contribution < -0.4 is 4.90 Å². The molecule has 5 aromatic rings. The zero-order chi connectivity index (χ0) is 23.1. The van der Waals surface area contributed by atoms with Gasteiger partial charge in [0.15, 0.2) is 5.78 Å². The Morgan fingerprint density at radius 2 is 1.50 bits per heavy atom. The fourth-order valence-electron chi connectivity index (χ4n) is 4.92. The lowest BCUT2D eigenvalue weighted by molar-refractivity contribution is 0.0758. The van der Waals surface area contributed by atoms with Crippen LogP contribution in [0.2, 0.25) is 0 Å². The molecule has 166 valence electrons. The summed E-state index contributed by atoms with van der Waals surface area (Å²) < 4.78 is 0. The fourth-order valence-corrected chi connectivity index (χ4v) is 6.02. The van der Waals surface area contributed by atoms with Crippen molar-refractivity contribution in [1.82, 2.24) is 0 Å². The highest BCUT2D eigenvalue weighted by Gasteiger charge is 2.38. The van der Waals surface area contributed by atoms with Gasteiger partial charge in [-0.2, -0.15) is 0 Å². The van der Waals surface area contributed by atoms with Crippen molar-refractivity contribution in [2.75, 3.05) is 4.90 Å². The predicted octanol–water partition coefficient (Wildman–Crippen LogP) is 7.46. The standard InChI is InChI=1S/C30H23NO2S/c32-29-24-14-6-7-15-25(24)30(33)26(29)19-22-17-18-28(34-22)31(21-11-2-1-3-12-21)27-16-8-10-20-9-4-5-13-23(20)27/h1-18,26,29,32H,19H2. The lowest BCUT2D eigenvalue weighted by Crippen LogP contribution is -2.15. The third-order valence-electron chi connectivity index (χ3n) is 6.57. The molecule has 1 aliphatic carbocycles. The number of aliphatic hydroxyl groups is 1. The molecule has 1 aliphatic rings. The topological polar surface area (TPSA) is 40.5 Å². The van der Waals surface area contributed by atoms with Crippen molar-refractivity contribution in [3.8, 4) is 0 Å². The fraction of sp³-hybridized carbons (Fsp3) is 0.100. The molecule has 0 amide bonds. The van der Waals surface area contributed by atoms with Gasteiger partial charge in [0.25, 0.3) is 0 Å². The number of Topliss-reactive ketones (excluding diaryl/α,β-unsaturated/α-hetero) is 1. The van der Waals surface area contributed by atoms with Crippen LogP contribution in [-0.2, 0) is 6.42 Å². The Balaban J connectivity index is 1.38. The number of aliphatic hydroxyl groups excluding tert-OH is 1. The Hall–Kier alpha value is -3.73. The first kappa shape index (κ1) is 20.8. The summed E-state index contributed by atoms with van der Waals surface area (Å²) in [7, 11) is 0. The number of carbonyl (C=O) groups is 1. The van der Waals surface area contributed by atoms with Crippen LogP contribution in [0.1, 0.15) is 26.9 Å². The van der Waals surface area contributed by atoms with E-state index in [1.807, 2.05) is 42.5 Å². The van der Waals surface area contributed by atoms with E-state index in [4.69, 9.17) is 0 Å². The summed E-state index contributed by atoms with van der Waals surface area (Å²) in [5.41, 5.74) is 3.59. The van der Waals surface area contributed by atoms with Crippen molar-refractivity contribution in [2.45, 2.75) is 12.5 Å². The molecule has 0 bridgehead atoms. The van der Waals surface area contributed by atoms with Gasteiger partial charge < -0.3 is 10.0 Å². The van der Waals surface area contributed by atoms with E-state index in [1.54, 1.807) is 11.3 Å². The number of benzene rings is 4. The Morgan fingerprint density at radius 3 is 2.35 bits per heavy atom. The Labute approximate surface area is 202 Å². The highest BCUT2D eigenvalue weighted by Crippen LogP contribution is 2.44. The third kappa shape index (κ3) is 3.52. The second-order valence-corrected chi connectivity index (χ2v) is 9.76. The largest absolute Gasteiger partial charge is 0.388 e. The van der Waals surface area contributed by atoms with Gasteiger partial charge >= 0.3 is 0 Å². The lowest BCUT2D eigenvalue weighted by atomic mass is 9.98. The van der Waals surface area contributed by atoms with E-state index >= 15 is 0 Å². The second-order valence-electron chi connectivity index (χ2n) is 8.62. The molecule has 1 heterocycles. The van der Waals surface area contributed by atoms with Gasteiger partial charge in [-0.15, -0.1) is 11.3 Å². The number of thiophene rings is 1. The van der Waals surface area contributed by atoms with Gasteiger partial charge in [0.05, 0.1) is 17.7 Å². The van der Waals surface area contributed by atoms with E-state index in [2.05, 4.69) is 71.6 Å². The highest BCUT2D eigenvalue weighted by atomic mass is 32.1. The average Bonchev–Trinajstić information content (AvgIpc) is 3.44. The molecule has 0 saturated heterocycles. The first-order chi connectivity index (χ1) is 16.7. The molecule has 4 heteroatoms. The number of rotatable bonds is 5. The SMILES string of the molecule is O=C1c2ccccc2C(O)C1Cc1ccc(N(c2ccccc2)c2cccc3ccccc23)s1. The Morgan fingerprint density at radius 1 is 0.765 bits per heavy atom. The number of hydrogen-bond acceptors (Lipinski definition) is 4. The Bertz CT molecular complexity index is 1490.